The van der Waals surface area contributed by atoms with E-state index in [1.807, 2.05) is 54.6 Å². The van der Waals surface area contributed by atoms with Crippen LogP contribution >= 0.6 is 0 Å². The molecule has 0 atom stereocenters. The van der Waals surface area contributed by atoms with Crippen molar-refractivity contribution in [3.8, 4) is 0 Å². The third-order valence-corrected chi connectivity index (χ3v) is 3.42. The second-order valence-corrected chi connectivity index (χ2v) is 5.22. The first-order valence-electron chi connectivity index (χ1n) is 6.38. The Bertz CT molecular complexity index is 746. The fraction of sp³-hybridized carbons (Fsp3) is 0. The van der Waals surface area contributed by atoms with Gasteiger partial charge in [0.1, 0.15) is 0 Å². The summed E-state index contributed by atoms with van der Waals surface area (Å²) >= 11 is 2.98. The number of anilines is 1. The van der Waals surface area contributed by atoms with Gasteiger partial charge in [0.15, 0.2) is 0 Å². The molecule has 3 rings (SSSR count). The van der Waals surface area contributed by atoms with Crippen molar-refractivity contribution >= 4 is 42.9 Å². The molecule has 0 aliphatic heterocycles. The van der Waals surface area contributed by atoms with E-state index in [4.69, 9.17) is 0 Å². The van der Waals surface area contributed by atoms with Crippen molar-refractivity contribution in [2.45, 2.75) is 0 Å². The second-order valence-electron chi connectivity index (χ2n) is 4.41. The first-order chi connectivity index (χ1) is 9.83. The molecule has 0 aromatic heterocycles. The van der Waals surface area contributed by atoms with Crippen molar-refractivity contribution < 1.29 is 0 Å². The topological polar surface area (TPSA) is 24.4 Å². The molecule has 0 aliphatic rings. The van der Waals surface area contributed by atoms with Crippen molar-refractivity contribution in [3.05, 3.63) is 72.8 Å². The number of nitrogens with one attached hydrogen (secondary N) is 1. The molecular weight excluding hydrogens is 311 g/mol. The summed E-state index contributed by atoms with van der Waals surface area (Å²) < 4.78 is 0.757. The normalized spacial score (nSPS) is 11.5. The number of aliphatic imine (C=N–C) groups is 1. The fourth-order valence-electron chi connectivity index (χ4n) is 2.09. The number of fused-ring (bicyclic) bond motifs is 1. The number of hydrogen-bond donors (Lipinski definition) is 1. The van der Waals surface area contributed by atoms with E-state index < -0.39 is 0 Å². The molecule has 0 saturated heterocycles. The minimum absolute atomic E-state index is 0.757. The maximum atomic E-state index is 4.63. The summed E-state index contributed by atoms with van der Waals surface area (Å²) in [7, 11) is 0. The Hall–Kier alpha value is -2.09. The monoisotopic (exact) mass is 325 g/mol. The number of rotatable bonds is 2. The summed E-state index contributed by atoms with van der Waals surface area (Å²) in [6, 6.07) is 24.4. The first-order valence-corrected chi connectivity index (χ1v) is 7.24. The van der Waals surface area contributed by atoms with Crippen LogP contribution in [0.3, 0.4) is 0 Å². The van der Waals surface area contributed by atoms with Gasteiger partial charge >= 0.3 is 126 Å². The molecule has 0 amide bonds. The Morgan fingerprint density at radius 3 is 2.35 bits per heavy atom. The van der Waals surface area contributed by atoms with Crippen molar-refractivity contribution in [3.63, 3.8) is 0 Å². The summed E-state index contributed by atoms with van der Waals surface area (Å²) in [5.74, 6) is 0. The molecule has 0 unspecified atom stereocenters. The first kappa shape index (κ1) is 12.9. The van der Waals surface area contributed by atoms with E-state index in [0.717, 1.165) is 21.5 Å². The zero-order valence-electron chi connectivity index (χ0n) is 10.8. The molecule has 3 aromatic rings. The van der Waals surface area contributed by atoms with Gasteiger partial charge in [-0.3, -0.25) is 0 Å². The number of nitrogens with zero attached hydrogens (tertiary/aromatic N) is 1. The van der Waals surface area contributed by atoms with E-state index in [2.05, 4.69) is 44.5 Å². The summed E-state index contributed by atoms with van der Waals surface area (Å²) in [5.41, 5.74) is 1.98. The van der Waals surface area contributed by atoms with Crippen LogP contribution in [0.15, 0.2) is 77.8 Å². The standard InChI is InChI=1S/C17H13N2Se/c20-17(18-14-9-2-1-3-10-14)19-16-12-6-8-13-7-4-5-11-15(13)16/h1-12H,(H,18,19). The van der Waals surface area contributed by atoms with Crippen LogP contribution in [0.25, 0.3) is 10.8 Å². The zero-order valence-corrected chi connectivity index (χ0v) is 12.5. The Morgan fingerprint density at radius 1 is 0.800 bits per heavy atom. The number of amidine groups is 1. The molecule has 2 nitrogen and oxygen atoms in total. The maximum absolute atomic E-state index is 4.63. The molecule has 3 heteroatoms. The van der Waals surface area contributed by atoms with Gasteiger partial charge in [0, 0.05) is 0 Å². The van der Waals surface area contributed by atoms with Crippen molar-refractivity contribution in [2.75, 3.05) is 5.32 Å². The molecule has 97 valence electrons. The van der Waals surface area contributed by atoms with Gasteiger partial charge in [-0.2, -0.15) is 0 Å². The summed E-state index contributed by atoms with van der Waals surface area (Å²) in [4.78, 5) is 4.63. The molecule has 0 spiro atoms. The Labute approximate surface area is 126 Å². The number of para-hydroxylation sites is 1. The van der Waals surface area contributed by atoms with E-state index in [9.17, 15) is 0 Å². The number of benzene rings is 3. The van der Waals surface area contributed by atoms with Gasteiger partial charge in [0.05, 0.1) is 0 Å². The van der Waals surface area contributed by atoms with E-state index >= 15 is 0 Å². The van der Waals surface area contributed by atoms with Gasteiger partial charge in [-0.05, 0) is 0 Å². The zero-order chi connectivity index (χ0) is 13.8. The molecule has 0 bridgehead atoms. The predicted octanol–water partition coefficient (Wildman–Crippen LogP) is 4.11. The van der Waals surface area contributed by atoms with Crippen LogP contribution in [0.2, 0.25) is 0 Å². The van der Waals surface area contributed by atoms with Crippen molar-refractivity contribution in [2.24, 2.45) is 4.99 Å². The van der Waals surface area contributed by atoms with Crippen LogP contribution in [0, 0.1) is 0 Å². The van der Waals surface area contributed by atoms with Gasteiger partial charge in [0.2, 0.25) is 0 Å². The van der Waals surface area contributed by atoms with Crippen LogP contribution in [0.4, 0.5) is 11.4 Å². The SMILES string of the molecule is [Se]C(=Nc1cccc2ccccc12)Nc1ccccc1. The second kappa shape index (κ2) is 5.91. The summed E-state index contributed by atoms with van der Waals surface area (Å²) in [5, 5.41) is 5.60. The van der Waals surface area contributed by atoms with Crippen LogP contribution in [0.1, 0.15) is 0 Å². The van der Waals surface area contributed by atoms with Gasteiger partial charge < -0.3 is 0 Å². The third-order valence-electron chi connectivity index (χ3n) is 3.01. The minimum atomic E-state index is 0.757. The fourth-order valence-corrected chi connectivity index (χ4v) is 2.54. The van der Waals surface area contributed by atoms with Crippen molar-refractivity contribution in [1.29, 1.82) is 0 Å². The van der Waals surface area contributed by atoms with Crippen LogP contribution in [-0.4, -0.2) is 20.7 Å². The average Bonchev–Trinajstić information content (AvgIpc) is 2.48. The van der Waals surface area contributed by atoms with E-state index in [1.165, 1.54) is 5.39 Å². The summed E-state index contributed by atoms with van der Waals surface area (Å²) in [6.45, 7) is 0. The Kier molecular flexibility index (Phi) is 3.82. The Balaban J connectivity index is 1.93. The molecule has 3 aromatic carbocycles. The molecule has 0 fully saturated rings. The molecule has 1 N–H and O–H groups in total. The van der Waals surface area contributed by atoms with E-state index in [0.29, 0.717) is 0 Å². The Morgan fingerprint density at radius 2 is 1.50 bits per heavy atom. The van der Waals surface area contributed by atoms with Crippen LogP contribution in [-0.2, 0) is 0 Å². The van der Waals surface area contributed by atoms with Gasteiger partial charge in [-0.15, -0.1) is 0 Å². The third kappa shape index (κ3) is 2.90. The molecule has 0 heterocycles. The molecular formula is C17H13N2Se. The van der Waals surface area contributed by atoms with Gasteiger partial charge in [-0.1, -0.05) is 0 Å². The molecule has 0 aliphatic carbocycles. The predicted molar refractivity (Wildman–Crippen MR) is 86.9 cm³/mol. The molecule has 1 radical (unpaired) electrons. The van der Waals surface area contributed by atoms with E-state index in [-0.39, 0.29) is 0 Å². The van der Waals surface area contributed by atoms with E-state index in [1.54, 1.807) is 0 Å². The van der Waals surface area contributed by atoms with Gasteiger partial charge in [0.25, 0.3) is 0 Å². The molecule has 20 heavy (non-hydrogen) atoms. The van der Waals surface area contributed by atoms with Crippen LogP contribution in [0.5, 0.6) is 0 Å². The average molecular weight is 324 g/mol. The van der Waals surface area contributed by atoms with Crippen LogP contribution < -0.4 is 5.32 Å². The quantitative estimate of drug-likeness (QED) is 0.428. The summed E-state index contributed by atoms with van der Waals surface area (Å²) in [6.07, 6.45) is 0. The van der Waals surface area contributed by atoms with Gasteiger partial charge in [-0.25, -0.2) is 0 Å². The number of hydrogen-bond acceptors (Lipinski definition) is 1. The molecule has 0 saturated carbocycles. The van der Waals surface area contributed by atoms with Crippen molar-refractivity contribution in [1.82, 2.24) is 0 Å².